The molecule has 33 heavy (non-hydrogen) atoms. The van der Waals surface area contributed by atoms with Gasteiger partial charge in [0, 0.05) is 16.3 Å². The van der Waals surface area contributed by atoms with Crippen LogP contribution in [-0.4, -0.2) is 10.9 Å². The van der Waals surface area contributed by atoms with Gasteiger partial charge in [-0.05, 0) is 54.6 Å². The molecule has 0 fully saturated rings. The fraction of sp³-hybridized carbons (Fsp3) is 0. The first-order chi connectivity index (χ1) is 15.9. The molecule has 1 amide bonds. The number of nitrogens with one attached hydrogen (secondary N) is 1. The van der Waals surface area contributed by atoms with E-state index in [1.165, 1.54) is 0 Å². The summed E-state index contributed by atoms with van der Waals surface area (Å²) in [5, 5.41) is 3.24. The highest BCUT2D eigenvalue weighted by molar-refractivity contribution is 6.33. The lowest BCUT2D eigenvalue weighted by molar-refractivity contribution is 0.0997. The lowest BCUT2D eigenvalue weighted by Crippen LogP contribution is -2.10. The van der Waals surface area contributed by atoms with Crippen LogP contribution in [0.4, 0.5) is 14.5 Å². The zero-order chi connectivity index (χ0) is 23.1. The molecule has 2 heterocycles. The van der Waals surface area contributed by atoms with E-state index in [1.54, 1.807) is 48.5 Å². The lowest BCUT2D eigenvalue weighted by Gasteiger charge is -2.03. The predicted octanol–water partition coefficient (Wildman–Crippen LogP) is 7.59. The summed E-state index contributed by atoms with van der Waals surface area (Å²) in [6.45, 7) is 0. The van der Waals surface area contributed by atoms with Gasteiger partial charge < -0.3 is 14.2 Å². The van der Waals surface area contributed by atoms with E-state index >= 15 is 0 Å². The van der Waals surface area contributed by atoms with Crippen LogP contribution in [0.25, 0.3) is 33.9 Å². The molecular weight excluding hydrogens is 473 g/mol. The minimum atomic E-state index is -1.07. The van der Waals surface area contributed by atoms with E-state index in [0.29, 0.717) is 27.6 Å². The largest absolute Gasteiger partial charge is 0.451 e. The Balaban J connectivity index is 1.39. The normalized spacial score (nSPS) is 11.2. The van der Waals surface area contributed by atoms with Gasteiger partial charge in [0.2, 0.25) is 5.89 Å². The van der Waals surface area contributed by atoms with Crippen molar-refractivity contribution in [1.82, 2.24) is 4.98 Å². The summed E-state index contributed by atoms with van der Waals surface area (Å²) in [4.78, 5) is 16.9. The van der Waals surface area contributed by atoms with Crippen molar-refractivity contribution in [2.24, 2.45) is 0 Å². The maximum atomic E-state index is 13.6. The third kappa shape index (κ3) is 4.20. The zero-order valence-corrected chi connectivity index (χ0v) is 18.0. The fourth-order valence-electron chi connectivity index (χ4n) is 3.26. The van der Waals surface area contributed by atoms with Crippen LogP contribution in [0, 0.1) is 11.6 Å². The number of amides is 1. The Bertz CT molecular complexity index is 1530. The van der Waals surface area contributed by atoms with E-state index in [9.17, 15) is 13.6 Å². The Morgan fingerprint density at radius 3 is 2.55 bits per heavy atom. The van der Waals surface area contributed by atoms with E-state index < -0.39 is 17.5 Å². The topological polar surface area (TPSA) is 68.3 Å². The van der Waals surface area contributed by atoms with Gasteiger partial charge in [-0.2, -0.15) is 0 Å². The molecule has 0 aliphatic heterocycles. The molecule has 164 valence electrons. The Morgan fingerprint density at radius 2 is 1.73 bits per heavy atom. The molecular formula is C24H12Cl2F2N2O3. The molecule has 0 saturated heterocycles. The number of aromatic nitrogens is 1. The summed E-state index contributed by atoms with van der Waals surface area (Å²) in [6.07, 6.45) is 0. The SMILES string of the molecule is O=C(Nc1ccc2oc(-c3cc(F)c(F)cc3Cl)nc2c1)c1ccc(-c2cccc(Cl)c2)o1. The molecule has 0 radical (unpaired) electrons. The maximum Gasteiger partial charge on any atom is 0.291 e. The second kappa shape index (κ2) is 8.35. The van der Waals surface area contributed by atoms with E-state index in [1.807, 2.05) is 6.07 Å². The van der Waals surface area contributed by atoms with Crippen LogP contribution in [0.1, 0.15) is 10.6 Å². The summed E-state index contributed by atoms with van der Waals surface area (Å²) in [5.74, 6) is -1.96. The van der Waals surface area contributed by atoms with E-state index in [2.05, 4.69) is 10.3 Å². The zero-order valence-electron chi connectivity index (χ0n) is 16.5. The summed E-state index contributed by atoms with van der Waals surface area (Å²) in [6, 6.07) is 16.9. The number of fused-ring (bicyclic) bond motifs is 1. The van der Waals surface area contributed by atoms with Crippen molar-refractivity contribution in [2.45, 2.75) is 0 Å². The van der Waals surface area contributed by atoms with Gasteiger partial charge in [-0.3, -0.25) is 4.79 Å². The molecule has 1 N–H and O–H groups in total. The number of nitrogens with zero attached hydrogens (tertiary/aromatic N) is 1. The van der Waals surface area contributed by atoms with E-state index in [4.69, 9.17) is 32.0 Å². The van der Waals surface area contributed by atoms with Crippen molar-refractivity contribution < 1.29 is 22.4 Å². The number of carbonyl (C=O) groups excluding carboxylic acids is 1. The molecule has 0 atom stereocenters. The molecule has 0 saturated carbocycles. The minimum absolute atomic E-state index is 0.0228. The molecule has 0 bridgehead atoms. The first-order valence-electron chi connectivity index (χ1n) is 9.60. The second-order valence-corrected chi connectivity index (χ2v) is 7.92. The molecule has 9 heteroatoms. The number of benzene rings is 3. The maximum absolute atomic E-state index is 13.6. The summed E-state index contributed by atoms with van der Waals surface area (Å²) >= 11 is 12.0. The first kappa shape index (κ1) is 21.2. The minimum Gasteiger partial charge on any atom is -0.451 e. The number of hydrogen-bond acceptors (Lipinski definition) is 4. The van der Waals surface area contributed by atoms with Crippen molar-refractivity contribution >= 4 is 45.9 Å². The van der Waals surface area contributed by atoms with Crippen LogP contribution in [0.2, 0.25) is 10.0 Å². The monoisotopic (exact) mass is 484 g/mol. The third-order valence-corrected chi connectivity index (χ3v) is 5.37. The van der Waals surface area contributed by atoms with Crippen LogP contribution < -0.4 is 5.32 Å². The summed E-state index contributed by atoms with van der Waals surface area (Å²) in [5.41, 5.74) is 2.06. The van der Waals surface area contributed by atoms with Crippen LogP contribution in [0.3, 0.4) is 0 Å². The molecule has 5 aromatic rings. The average Bonchev–Trinajstić information content (AvgIpc) is 3.43. The highest BCUT2D eigenvalue weighted by atomic mass is 35.5. The Labute approximate surface area is 195 Å². The van der Waals surface area contributed by atoms with Gasteiger partial charge in [-0.25, -0.2) is 13.8 Å². The van der Waals surface area contributed by atoms with Gasteiger partial charge >= 0.3 is 0 Å². The molecule has 3 aromatic carbocycles. The van der Waals surface area contributed by atoms with E-state index in [-0.39, 0.29) is 22.2 Å². The average molecular weight is 485 g/mol. The molecule has 0 unspecified atom stereocenters. The first-order valence-corrected chi connectivity index (χ1v) is 10.4. The molecule has 0 spiro atoms. The number of carbonyl (C=O) groups is 1. The summed E-state index contributed by atoms with van der Waals surface area (Å²) in [7, 11) is 0. The van der Waals surface area contributed by atoms with Crippen LogP contribution in [-0.2, 0) is 0 Å². The fourth-order valence-corrected chi connectivity index (χ4v) is 3.68. The number of furan rings is 1. The van der Waals surface area contributed by atoms with Crippen LogP contribution in [0.5, 0.6) is 0 Å². The Morgan fingerprint density at radius 1 is 0.909 bits per heavy atom. The van der Waals surface area contributed by atoms with Gasteiger partial charge in [0.1, 0.15) is 11.3 Å². The molecule has 0 aliphatic carbocycles. The van der Waals surface area contributed by atoms with Gasteiger partial charge in [-0.15, -0.1) is 0 Å². The standard InChI is InChI=1S/C24H12Cl2F2N2O3/c25-13-3-1-2-12(8-13)20-6-7-22(32-20)23(31)29-14-4-5-21-19(9-14)30-24(33-21)15-10-17(27)18(28)11-16(15)26/h1-11H,(H,29,31). The van der Waals surface area contributed by atoms with Crippen molar-refractivity contribution in [3.8, 4) is 22.8 Å². The number of oxazole rings is 1. The van der Waals surface area contributed by atoms with Gasteiger partial charge in [0.25, 0.3) is 5.91 Å². The molecule has 2 aromatic heterocycles. The third-order valence-electron chi connectivity index (χ3n) is 4.82. The van der Waals surface area contributed by atoms with Gasteiger partial charge in [0.05, 0.1) is 10.6 Å². The van der Waals surface area contributed by atoms with Crippen molar-refractivity contribution in [3.05, 3.63) is 94.2 Å². The van der Waals surface area contributed by atoms with Crippen molar-refractivity contribution in [3.63, 3.8) is 0 Å². The lowest BCUT2D eigenvalue weighted by atomic mass is 10.2. The highest BCUT2D eigenvalue weighted by Gasteiger charge is 2.17. The number of rotatable bonds is 4. The van der Waals surface area contributed by atoms with Crippen LogP contribution >= 0.6 is 23.2 Å². The highest BCUT2D eigenvalue weighted by Crippen LogP contribution is 2.32. The van der Waals surface area contributed by atoms with E-state index in [0.717, 1.165) is 17.7 Å². The van der Waals surface area contributed by atoms with Crippen molar-refractivity contribution in [1.29, 1.82) is 0 Å². The Kier molecular flexibility index (Phi) is 5.36. The number of halogens is 4. The quantitative estimate of drug-likeness (QED) is 0.266. The molecule has 0 aliphatic rings. The summed E-state index contributed by atoms with van der Waals surface area (Å²) < 4.78 is 38.2. The van der Waals surface area contributed by atoms with Gasteiger partial charge in [0.15, 0.2) is 23.0 Å². The number of hydrogen-bond donors (Lipinski definition) is 1. The molecule has 5 nitrogen and oxygen atoms in total. The van der Waals surface area contributed by atoms with Crippen molar-refractivity contribution in [2.75, 3.05) is 5.32 Å². The van der Waals surface area contributed by atoms with Gasteiger partial charge in [-0.1, -0.05) is 35.3 Å². The second-order valence-electron chi connectivity index (χ2n) is 7.08. The smallest absolute Gasteiger partial charge is 0.291 e. The predicted molar refractivity (Wildman–Crippen MR) is 121 cm³/mol. The van der Waals surface area contributed by atoms with Crippen LogP contribution in [0.15, 0.2) is 75.6 Å². The molecule has 5 rings (SSSR count). The Hall–Kier alpha value is -3.68. The number of anilines is 1.